The summed E-state index contributed by atoms with van der Waals surface area (Å²) in [5, 5.41) is 15.9. The minimum Gasteiger partial charge on any atom is -0.338 e. The second kappa shape index (κ2) is 6.96. The molecule has 0 spiro atoms. The lowest BCUT2D eigenvalue weighted by Crippen LogP contribution is -2.57. The molecule has 1 aromatic carbocycles. The smallest absolute Gasteiger partial charge is 0.297 e. The zero-order chi connectivity index (χ0) is 20.6. The zero-order valence-corrected chi connectivity index (χ0v) is 15.3. The molecule has 3 rings (SSSR count). The maximum atomic E-state index is 13.1. The average Bonchev–Trinajstić information content (AvgIpc) is 2.89. The van der Waals surface area contributed by atoms with Gasteiger partial charge in [0.05, 0.1) is 11.4 Å². The van der Waals surface area contributed by atoms with Crippen LogP contribution in [0.4, 0.5) is 5.69 Å². The van der Waals surface area contributed by atoms with Gasteiger partial charge >= 0.3 is 0 Å². The van der Waals surface area contributed by atoms with Crippen molar-refractivity contribution in [2.24, 2.45) is 12.1 Å². The van der Waals surface area contributed by atoms with Crippen LogP contribution in [0.25, 0.3) is 5.69 Å². The van der Waals surface area contributed by atoms with E-state index >= 15 is 0 Å². The summed E-state index contributed by atoms with van der Waals surface area (Å²) in [6, 6.07) is 8.74. The van der Waals surface area contributed by atoms with Gasteiger partial charge in [0.15, 0.2) is 11.7 Å². The predicted octanol–water partition coefficient (Wildman–Crippen LogP) is -0.216. The van der Waals surface area contributed by atoms with Gasteiger partial charge in [-0.1, -0.05) is 18.2 Å². The van der Waals surface area contributed by atoms with Crippen LogP contribution in [0.1, 0.15) is 12.6 Å². The first-order chi connectivity index (χ1) is 13.3. The number of amides is 2. The standard InChI is InChI=1S/C18H16N6O4/c1-10-15(18(28)24(22(10)3)12-7-5-4-6-8-12)23-17(27)14(20-11(2)25)16(26)13(9-19)21-23/h4-8,14H,1-3H3,(H,20,25). The van der Waals surface area contributed by atoms with Crippen LogP contribution in [0.2, 0.25) is 0 Å². The summed E-state index contributed by atoms with van der Waals surface area (Å²) in [7, 11) is 1.63. The molecule has 10 nitrogen and oxygen atoms in total. The van der Waals surface area contributed by atoms with E-state index in [1.165, 1.54) is 9.36 Å². The number of nitriles is 1. The largest absolute Gasteiger partial charge is 0.338 e. The molecule has 1 aromatic heterocycles. The molecule has 0 saturated heterocycles. The van der Waals surface area contributed by atoms with E-state index in [4.69, 9.17) is 0 Å². The second-order valence-corrected chi connectivity index (χ2v) is 6.12. The third-order valence-electron chi connectivity index (χ3n) is 4.34. The molecule has 2 heterocycles. The van der Waals surface area contributed by atoms with Gasteiger partial charge in [-0.05, 0) is 19.1 Å². The number of rotatable bonds is 3. The summed E-state index contributed by atoms with van der Waals surface area (Å²) in [6.07, 6.45) is 0. The number of hydrazone groups is 1. The van der Waals surface area contributed by atoms with E-state index in [-0.39, 0.29) is 5.69 Å². The maximum Gasteiger partial charge on any atom is 0.297 e. The highest BCUT2D eigenvalue weighted by Gasteiger charge is 2.42. The number of carbonyl (C=O) groups excluding carboxylic acids is 3. The van der Waals surface area contributed by atoms with Crippen molar-refractivity contribution in [3.8, 4) is 11.8 Å². The number of ketones is 1. The quantitative estimate of drug-likeness (QED) is 0.736. The molecular formula is C18H16N6O4. The highest BCUT2D eigenvalue weighted by molar-refractivity contribution is 6.53. The van der Waals surface area contributed by atoms with Crippen LogP contribution in [0.5, 0.6) is 0 Å². The summed E-state index contributed by atoms with van der Waals surface area (Å²) >= 11 is 0. The Labute approximate surface area is 159 Å². The van der Waals surface area contributed by atoms with Crippen molar-refractivity contribution in [2.45, 2.75) is 19.9 Å². The number of para-hydroxylation sites is 1. The van der Waals surface area contributed by atoms with Gasteiger partial charge in [-0.3, -0.25) is 23.9 Å². The number of benzene rings is 1. The highest BCUT2D eigenvalue weighted by Crippen LogP contribution is 2.22. The molecule has 2 aromatic rings. The van der Waals surface area contributed by atoms with E-state index in [0.717, 1.165) is 11.9 Å². The van der Waals surface area contributed by atoms with Crippen molar-refractivity contribution in [1.29, 1.82) is 5.26 Å². The SMILES string of the molecule is CC(=O)NC1C(=O)C(C#N)=NN(c2c(C)n(C)n(-c3ccccc3)c2=O)C1=O. The molecule has 0 bridgehead atoms. The van der Waals surface area contributed by atoms with Gasteiger partial charge in [0.25, 0.3) is 11.5 Å². The summed E-state index contributed by atoms with van der Waals surface area (Å²) < 4.78 is 2.87. The molecule has 28 heavy (non-hydrogen) atoms. The average molecular weight is 380 g/mol. The van der Waals surface area contributed by atoms with Crippen LogP contribution in [0, 0.1) is 18.3 Å². The summed E-state index contributed by atoms with van der Waals surface area (Å²) in [5.41, 5.74) is -0.289. The van der Waals surface area contributed by atoms with Crippen LogP contribution >= 0.6 is 0 Å². The molecule has 142 valence electrons. The Hall–Kier alpha value is -4.00. The fourth-order valence-corrected chi connectivity index (χ4v) is 2.94. The monoisotopic (exact) mass is 380 g/mol. The van der Waals surface area contributed by atoms with Crippen molar-refractivity contribution < 1.29 is 14.4 Å². The molecule has 0 aliphatic carbocycles. The van der Waals surface area contributed by atoms with Crippen molar-refractivity contribution in [2.75, 3.05) is 5.01 Å². The van der Waals surface area contributed by atoms with Crippen molar-refractivity contribution in [3.63, 3.8) is 0 Å². The van der Waals surface area contributed by atoms with E-state index < -0.39 is 34.9 Å². The molecule has 1 unspecified atom stereocenters. The first kappa shape index (κ1) is 18.8. The van der Waals surface area contributed by atoms with Crippen LogP contribution in [0.3, 0.4) is 0 Å². The Kier molecular flexibility index (Phi) is 4.67. The van der Waals surface area contributed by atoms with Crippen LogP contribution in [-0.2, 0) is 21.4 Å². The Balaban J connectivity index is 2.21. The lowest BCUT2D eigenvalue weighted by Gasteiger charge is -2.25. The Bertz CT molecular complexity index is 1120. The topological polar surface area (TPSA) is 130 Å². The minimum absolute atomic E-state index is 0.105. The minimum atomic E-state index is -1.62. The number of Topliss-reactive ketones (excluding diaryl/α,β-unsaturated/α-hetero) is 1. The van der Waals surface area contributed by atoms with E-state index in [2.05, 4.69) is 10.4 Å². The lowest BCUT2D eigenvalue weighted by atomic mass is 10.1. The fraction of sp³-hybridized carbons (Fsp3) is 0.222. The van der Waals surface area contributed by atoms with Crippen LogP contribution < -0.4 is 15.9 Å². The maximum absolute atomic E-state index is 13.1. The molecule has 0 radical (unpaired) electrons. The molecular weight excluding hydrogens is 364 g/mol. The van der Waals surface area contributed by atoms with Crippen LogP contribution in [-0.4, -0.2) is 38.7 Å². The number of aromatic nitrogens is 2. The lowest BCUT2D eigenvalue weighted by molar-refractivity contribution is -0.132. The van der Waals surface area contributed by atoms with Gasteiger partial charge in [-0.15, -0.1) is 5.10 Å². The van der Waals surface area contributed by atoms with Crippen molar-refractivity contribution in [1.82, 2.24) is 14.7 Å². The van der Waals surface area contributed by atoms with Gasteiger partial charge < -0.3 is 5.32 Å². The van der Waals surface area contributed by atoms with Gasteiger partial charge in [-0.25, -0.2) is 4.68 Å². The van der Waals surface area contributed by atoms with Crippen molar-refractivity contribution in [3.05, 3.63) is 46.4 Å². The van der Waals surface area contributed by atoms with Gasteiger partial charge in [0.2, 0.25) is 17.4 Å². The number of anilines is 1. The summed E-state index contributed by atoms with van der Waals surface area (Å²) in [4.78, 5) is 49.5. The molecule has 1 atom stereocenters. The van der Waals surface area contributed by atoms with Gasteiger partial charge in [-0.2, -0.15) is 10.3 Å². The van der Waals surface area contributed by atoms with E-state index in [9.17, 15) is 24.4 Å². The Morgan fingerprint density at radius 1 is 1.21 bits per heavy atom. The Morgan fingerprint density at radius 3 is 2.43 bits per heavy atom. The van der Waals surface area contributed by atoms with E-state index in [1.807, 2.05) is 0 Å². The highest BCUT2D eigenvalue weighted by atomic mass is 16.2. The number of carbonyl (C=O) groups is 3. The van der Waals surface area contributed by atoms with Gasteiger partial charge in [0.1, 0.15) is 6.07 Å². The normalized spacial score (nSPS) is 16.6. The molecule has 1 aliphatic heterocycles. The molecule has 1 aliphatic rings. The van der Waals surface area contributed by atoms with Gasteiger partial charge in [0, 0.05) is 14.0 Å². The number of hydrogen-bond acceptors (Lipinski definition) is 6. The first-order valence-corrected chi connectivity index (χ1v) is 8.26. The number of nitrogens with zero attached hydrogens (tertiary/aromatic N) is 5. The van der Waals surface area contributed by atoms with Crippen molar-refractivity contribution >= 4 is 29.0 Å². The van der Waals surface area contributed by atoms with E-state index in [1.54, 1.807) is 50.4 Å². The number of hydrogen-bond donors (Lipinski definition) is 1. The first-order valence-electron chi connectivity index (χ1n) is 8.26. The fourth-order valence-electron chi connectivity index (χ4n) is 2.94. The molecule has 1 N–H and O–H groups in total. The summed E-state index contributed by atoms with van der Waals surface area (Å²) in [5.74, 6) is -2.46. The van der Waals surface area contributed by atoms with E-state index in [0.29, 0.717) is 11.4 Å². The third-order valence-corrected chi connectivity index (χ3v) is 4.34. The zero-order valence-electron chi connectivity index (χ0n) is 15.3. The predicted molar refractivity (Wildman–Crippen MR) is 98.9 cm³/mol. The third kappa shape index (κ3) is 2.88. The molecule has 10 heteroatoms. The molecule has 0 fully saturated rings. The molecule has 0 saturated carbocycles. The second-order valence-electron chi connectivity index (χ2n) is 6.12. The number of nitrogens with one attached hydrogen (secondary N) is 1. The van der Waals surface area contributed by atoms with Crippen LogP contribution in [0.15, 0.2) is 40.2 Å². The molecule has 2 amide bonds. The summed E-state index contributed by atoms with van der Waals surface area (Å²) in [6.45, 7) is 2.74. The Morgan fingerprint density at radius 2 is 1.86 bits per heavy atom.